The van der Waals surface area contributed by atoms with Crippen molar-refractivity contribution < 1.29 is 9.18 Å². The number of hydrogen-bond acceptors (Lipinski definition) is 2. The molecule has 4 nitrogen and oxygen atoms in total. The van der Waals surface area contributed by atoms with Crippen LogP contribution in [-0.4, -0.2) is 15.7 Å². The van der Waals surface area contributed by atoms with E-state index in [-0.39, 0.29) is 11.6 Å². The van der Waals surface area contributed by atoms with Gasteiger partial charge in [0.1, 0.15) is 5.82 Å². The Kier molecular flexibility index (Phi) is 4.94. The Morgan fingerprint density at radius 1 is 1.22 bits per heavy atom. The highest BCUT2D eigenvalue weighted by atomic mass is 35.5. The molecule has 3 aromatic rings. The zero-order valence-electron chi connectivity index (χ0n) is 14.7. The summed E-state index contributed by atoms with van der Waals surface area (Å²) in [5.74, 6) is -0.912. The molecule has 0 bridgehead atoms. The fourth-order valence-corrected chi connectivity index (χ4v) is 3.77. The van der Waals surface area contributed by atoms with Crippen molar-refractivity contribution in [2.45, 2.75) is 31.8 Å². The standard InChI is InChI=1S/C21H19ClFN3O/c22-17-8-3-1-6-14(17)13-26-20-11-5-10-19(16(20)12-24-26)25-21(27)15-7-2-4-9-18(15)23/h1-4,6-9,12,19H,5,10-11,13H2,(H,25,27)/t19-/m1/s1. The molecule has 1 aliphatic carbocycles. The number of halogens is 2. The minimum absolute atomic E-state index is 0.0630. The van der Waals surface area contributed by atoms with E-state index in [9.17, 15) is 9.18 Å². The van der Waals surface area contributed by atoms with Crippen LogP contribution >= 0.6 is 11.6 Å². The molecule has 0 fully saturated rings. The molecule has 1 amide bonds. The van der Waals surface area contributed by atoms with Crippen molar-refractivity contribution >= 4 is 17.5 Å². The highest BCUT2D eigenvalue weighted by molar-refractivity contribution is 6.31. The van der Waals surface area contributed by atoms with Gasteiger partial charge in [0.2, 0.25) is 0 Å². The van der Waals surface area contributed by atoms with E-state index in [1.807, 2.05) is 28.9 Å². The Bertz CT molecular complexity index is 985. The molecular formula is C21H19ClFN3O. The lowest BCUT2D eigenvalue weighted by atomic mass is 9.92. The summed E-state index contributed by atoms with van der Waals surface area (Å²) in [6.07, 6.45) is 4.44. The molecule has 0 radical (unpaired) electrons. The monoisotopic (exact) mass is 383 g/mol. The summed E-state index contributed by atoms with van der Waals surface area (Å²) in [5, 5.41) is 8.19. The third-order valence-corrected chi connectivity index (χ3v) is 5.33. The molecule has 1 aliphatic rings. The lowest BCUT2D eigenvalue weighted by Gasteiger charge is -2.24. The van der Waals surface area contributed by atoms with Gasteiger partial charge >= 0.3 is 0 Å². The van der Waals surface area contributed by atoms with Gasteiger partial charge in [0, 0.05) is 16.3 Å². The largest absolute Gasteiger partial charge is 0.345 e. The van der Waals surface area contributed by atoms with Crippen LogP contribution < -0.4 is 5.32 Å². The first kappa shape index (κ1) is 17.7. The molecule has 2 aromatic carbocycles. The second-order valence-electron chi connectivity index (χ2n) is 6.69. The highest BCUT2D eigenvalue weighted by Crippen LogP contribution is 2.31. The van der Waals surface area contributed by atoms with Gasteiger partial charge in [-0.25, -0.2) is 4.39 Å². The number of amides is 1. The van der Waals surface area contributed by atoms with E-state index in [1.165, 1.54) is 12.1 Å². The molecule has 0 aliphatic heterocycles. The second kappa shape index (κ2) is 7.53. The van der Waals surface area contributed by atoms with Gasteiger partial charge in [0.05, 0.1) is 24.3 Å². The smallest absolute Gasteiger partial charge is 0.254 e. The molecule has 1 N–H and O–H groups in total. The number of hydrogen-bond donors (Lipinski definition) is 1. The van der Waals surface area contributed by atoms with E-state index in [0.29, 0.717) is 11.6 Å². The number of fused-ring (bicyclic) bond motifs is 1. The fraction of sp³-hybridized carbons (Fsp3) is 0.238. The summed E-state index contributed by atoms with van der Waals surface area (Å²) in [6, 6.07) is 13.6. The first-order valence-corrected chi connectivity index (χ1v) is 9.34. The Morgan fingerprint density at radius 2 is 2.00 bits per heavy atom. The highest BCUT2D eigenvalue weighted by Gasteiger charge is 2.26. The van der Waals surface area contributed by atoms with Crippen LogP contribution in [-0.2, 0) is 13.0 Å². The predicted octanol–water partition coefficient (Wildman–Crippen LogP) is 4.53. The van der Waals surface area contributed by atoms with Gasteiger partial charge in [-0.2, -0.15) is 5.10 Å². The number of nitrogens with zero attached hydrogens (tertiary/aromatic N) is 2. The summed E-state index contributed by atoms with van der Waals surface area (Å²) in [5.41, 5.74) is 3.16. The normalized spacial score (nSPS) is 16.0. The molecule has 0 saturated carbocycles. The van der Waals surface area contributed by atoms with Gasteiger partial charge in [-0.1, -0.05) is 41.9 Å². The minimum Gasteiger partial charge on any atom is -0.345 e. The Hall–Kier alpha value is -2.66. The number of nitrogens with one attached hydrogen (secondary N) is 1. The van der Waals surface area contributed by atoms with E-state index in [1.54, 1.807) is 18.3 Å². The zero-order chi connectivity index (χ0) is 18.8. The third-order valence-electron chi connectivity index (χ3n) is 4.96. The summed E-state index contributed by atoms with van der Waals surface area (Å²) in [7, 11) is 0. The fourth-order valence-electron chi connectivity index (χ4n) is 3.57. The number of carbonyl (C=O) groups excluding carboxylic acids is 1. The summed E-state index contributed by atoms with van der Waals surface area (Å²) < 4.78 is 15.8. The van der Waals surface area contributed by atoms with Crippen LogP contribution in [0, 0.1) is 5.82 Å². The van der Waals surface area contributed by atoms with Crippen molar-refractivity contribution in [2.75, 3.05) is 0 Å². The first-order chi connectivity index (χ1) is 13.1. The Morgan fingerprint density at radius 3 is 2.81 bits per heavy atom. The molecule has 1 heterocycles. The maximum Gasteiger partial charge on any atom is 0.254 e. The quantitative estimate of drug-likeness (QED) is 0.719. The van der Waals surface area contributed by atoms with Crippen molar-refractivity contribution in [3.63, 3.8) is 0 Å². The maximum atomic E-state index is 13.9. The minimum atomic E-state index is -0.513. The van der Waals surface area contributed by atoms with Crippen molar-refractivity contribution in [3.05, 3.63) is 88.0 Å². The molecule has 138 valence electrons. The number of rotatable bonds is 4. The average molecular weight is 384 g/mol. The van der Waals surface area contributed by atoms with E-state index < -0.39 is 11.7 Å². The van der Waals surface area contributed by atoms with E-state index in [0.717, 1.165) is 36.1 Å². The predicted molar refractivity (Wildman–Crippen MR) is 102 cm³/mol. The third kappa shape index (κ3) is 3.60. The SMILES string of the molecule is O=C(N[C@@H]1CCCc2c1cnn2Cc1ccccc1Cl)c1ccccc1F. The van der Waals surface area contributed by atoms with Crippen LogP contribution in [0.4, 0.5) is 4.39 Å². The maximum absolute atomic E-state index is 13.9. The van der Waals surface area contributed by atoms with Crippen molar-refractivity contribution in [1.82, 2.24) is 15.1 Å². The molecular weight excluding hydrogens is 365 g/mol. The molecule has 0 saturated heterocycles. The van der Waals surface area contributed by atoms with Gasteiger partial charge in [0.15, 0.2) is 0 Å². The zero-order valence-corrected chi connectivity index (χ0v) is 15.4. The summed E-state index contributed by atoms with van der Waals surface area (Å²) in [4.78, 5) is 12.5. The number of aromatic nitrogens is 2. The van der Waals surface area contributed by atoms with Gasteiger partial charge < -0.3 is 5.32 Å². The van der Waals surface area contributed by atoms with Crippen molar-refractivity contribution in [3.8, 4) is 0 Å². The average Bonchev–Trinajstić information content (AvgIpc) is 3.08. The van der Waals surface area contributed by atoms with E-state index in [4.69, 9.17) is 11.6 Å². The van der Waals surface area contributed by atoms with Crippen LogP contribution in [0.15, 0.2) is 54.7 Å². The molecule has 27 heavy (non-hydrogen) atoms. The molecule has 0 unspecified atom stereocenters. The molecule has 1 aromatic heterocycles. The van der Waals surface area contributed by atoms with Crippen LogP contribution in [0.3, 0.4) is 0 Å². The van der Waals surface area contributed by atoms with E-state index >= 15 is 0 Å². The summed E-state index contributed by atoms with van der Waals surface area (Å²) >= 11 is 6.27. The van der Waals surface area contributed by atoms with Crippen molar-refractivity contribution in [2.24, 2.45) is 0 Å². The summed E-state index contributed by atoms with van der Waals surface area (Å²) in [6.45, 7) is 0.586. The lowest BCUT2D eigenvalue weighted by molar-refractivity contribution is 0.0928. The van der Waals surface area contributed by atoms with E-state index in [2.05, 4.69) is 10.4 Å². The van der Waals surface area contributed by atoms with Gasteiger partial charge in [0.25, 0.3) is 5.91 Å². The van der Waals surface area contributed by atoms with Gasteiger partial charge in [-0.05, 0) is 43.0 Å². The van der Waals surface area contributed by atoms with Crippen LogP contribution in [0.1, 0.15) is 46.1 Å². The Labute approximate surface area is 162 Å². The van der Waals surface area contributed by atoms with Crippen molar-refractivity contribution in [1.29, 1.82) is 0 Å². The molecule has 4 rings (SSSR count). The molecule has 0 spiro atoms. The van der Waals surface area contributed by atoms with Crippen LogP contribution in [0.2, 0.25) is 5.02 Å². The van der Waals surface area contributed by atoms with Crippen LogP contribution in [0.5, 0.6) is 0 Å². The number of carbonyl (C=O) groups is 1. The lowest BCUT2D eigenvalue weighted by Crippen LogP contribution is -2.31. The Balaban J connectivity index is 1.56. The molecule has 1 atom stereocenters. The van der Waals surface area contributed by atoms with Crippen LogP contribution in [0.25, 0.3) is 0 Å². The van der Waals surface area contributed by atoms with Gasteiger partial charge in [-0.3, -0.25) is 9.48 Å². The second-order valence-corrected chi connectivity index (χ2v) is 7.10. The van der Waals surface area contributed by atoms with Gasteiger partial charge in [-0.15, -0.1) is 0 Å². The molecule has 6 heteroatoms. The topological polar surface area (TPSA) is 46.9 Å². The number of benzene rings is 2. The first-order valence-electron chi connectivity index (χ1n) is 8.97.